The van der Waals surface area contributed by atoms with Gasteiger partial charge in [-0.25, -0.2) is 0 Å². The van der Waals surface area contributed by atoms with Crippen LogP contribution >= 0.6 is 12.2 Å². The predicted octanol–water partition coefficient (Wildman–Crippen LogP) is 3.08. The number of carbonyl (C=O) groups is 2. The highest BCUT2D eigenvalue weighted by Gasteiger charge is 2.35. The molecule has 2 aliphatic heterocycles. The number of rotatable bonds is 2. The van der Waals surface area contributed by atoms with Crippen molar-refractivity contribution in [3.8, 4) is 0 Å². The van der Waals surface area contributed by atoms with Crippen LogP contribution in [0.25, 0.3) is 0 Å². The van der Waals surface area contributed by atoms with E-state index in [0.29, 0.717) is 5.69 Å². The third-order valence-corrected chi connectivity index (χ3v) is 5.08. The number of para-hydroxylation sites is 1. The van der Waals surface area contributed by atoms with Gasteiger partial charge < -0.3 is 4.90 Å². The van der Waals surface area contributed by atoms with Crippen LogP contribution in [0.5, 0.6) is 0 Å². The fourth-order valence-corrected chi connectivity index (χ4v) is 3.78. The van der Waals surface area contributed by atoms with Crippen molar-refractivity contribution < 1.29 is 9.59 Å². The number of carbonyl (C=O) groups excluding carboxylic acids is 2. The van der Waals surface area contributed by atoms with E-state index in [4.69, 9.17) is 12.2 Å². The van der Waals surface area contributed by atoms with Crippen LogP contribution in [-0.2, 0) is 16.0 Å². The van der Waals surface area contributed by atoms with Gasteiger partial charge in [0.15, 0.2) is 5.11 Å². The van der Waals surface area contributed by atoms with Crippen LogP contribution in [0.1, 0.15) is 17.5 Å². The second-order valence-electron chi connectivity index (χ2n) is 6.71. The topological polar surface area (TPSA) is 52.7 Å². The van der Waals surface area contributed by atoms with Gasteiger partial charge in [-0.3, -0.25) is 19.8 Å². The number of nitrogens with one attached hydrogen (secondary N) is 1. The lowest BCUT2D eigenvalue weighted by atomic mass is 10.0. The minimum Gasteiger partial charge on any atom is -0.347 e. The highest BCUT2D eigenvalue weighted by Crippen LogP contribution is 2.28. The maximum absolute atomic E-state index is 13.1. The first kappa shape index (κ1) is 17.4. The largest absolute Gasteiger partial charge is 0.347 e. The summed E-state index contributed by atoms with van der Waals surface area (Å²) < 4.78 is 0. The van der Waals surface area contributed by atoms with Gasteiger partial charge in [0, 0.05) is 18.4 Å². The van der Waals surface area contributed by atoms with E-state index in [1.165, 1.54) is 10.5 Å². The van der Waals surface area contributed by atoms with Gasteiger partial charge in [-0.15, -0.1) is 0 Å². The van der Waals surface area contributed by atoms with Gasteiger partial charge in [0.05, 0.1) is 5.69 Å². The summed E-state index contributed by atoms with van der Waals surface area (Å²) in [4.78, 5) is 29.0. The van der Waals surface area contributed by atoms with Gasteiger partial charge in [-0.2, -0.15) is 0 Å². The summed E-state index contributed by atoms with van der Waals surface area (Å²) in [5.41, 5.74) is 4.00. The second-order valence-corrected chi connectivity index (χ2v) is 7.09. The van der Waals surface area contributed by atoms with Gasteiger partial charge in [-0.1, -0.05) is 30.3 Å². The summed E-state index contributed by atoms with van der Waals surface area (Å²) in [6.45, 7) is 2.71. The number of hydrogen-bond acceptors (Lipinski definition) is 4. The molecule has 0 spiro atoms. The fraction of sp³-hybridized carbons (Fsp3) is 0.190. The molecule has 2 aromatic carbocycles. The maximum Gasteiger partial charge on any atom is 0.271 e. The van der Waals surface area contributed by atoms with Gasteiger partial charge >= 0.3 is 0 Å². The van der Waals surface area contributed by atoms with Crippen LogP contribution < -0.4 is 15.1 Å². The molecule has 0 bridgehead atoms. The zero-order valence-electron chi connectivity index (χ0n) is 14.9. The first-order valence-electron chi connectivity index (χ1n) is 8.87. The van der Waals surface area contributed by atoms with E-state index in [0.717, 1.165) is 30.6 Å². The van der Waals surface area contributed by atoms with Crippen LogP contribution in [0.3, 0.4) is 0 Å². The average molecular weight is 377 g/mol. The van der Waals surface area contributed by atoms with E-state index in [9.17, 15) is 9.59 Å². The van der Waals surface area contributed by atoms with Crippen molar-refractivity contribution in [2.45, 2.75) is 19.8 Å². The summed E-state index contributed by atoms with van der Waals surface area (Å²) in [5.74, 6) is -0.866. The molecule has 1 saturated heterocycles. The molecule has 2 amide bonds. The minimum absolute atomic E-state index is 0.0850. The van der Waals surface area contributed by atoms with Crippen molar-refractivity contribution in [2.75, 3.05) is 16.3 Å². The Labute approximate surface area is 163 Å². The first-order valence-corrected chi connectivity index (χ1v) is 9.28. The van der Waals surface area contributed by atoms with E-state index in [2.05, 4.69) is 11.4 Å². The lowest BCUT2D eigenvalue weighted by Crippen LogP contribution is -2.54. The zero-order valence-corrected chi connectivity index (χ0v) is 15.8. The predicted molar refractivity (Wildman–Crippen MR) is 110 cm³/mol. The molecule has 0 radical (unpaired) electrons. The third-order valence-electron chi connectivity index (χ3n) is 4.79. The van der Waals surface area contributed by atoms with E-state index < -0.39 is 11.8 Å². The van der Waals surface area contributed by atoms with Crippen molar-refractivity contribution in [3.63, 3.8) is 0 Å². The molecule has 1 N–H and O–H groups in total. The fourth-order valence-electron chi connectivity index (χ4n) is 3.50. The summed E-state index contributed by atoms with van der Waals surface area (Å²) in [6, 6.07) is 15.6. The zero-order chi connectivity index (χ0) is 19.0. The van der Waals surface area contributed by atoms with E-state index in [1.54, 1.807) is 6.20 Å². The molecule has 1 fully saturated rings. The number of nitrogens with zero attached hydrogens (tertiary/aromatic N) is 2. The molecule has 0 atom stereocenters. The Morgan fingerprint density at radius 2 is 1.93 bits per heavy atom. The van der Waals surface area contributed by atoms with Gasteiger partial charge in [0.2, 0.25) is 0 Å². The molecule has 4 rings (SSSR count). The molecule has 2 heterocycles. The Bertz CT molecular complexity index is 983. The summed E-state index contributed by atoms with van der Waals surface area (Å²) in [5, 5.41) is 2.75. The van der Waals surface area contributed by atoms with Crippen LogP contribution in [-0.4, -0.2) is 23.5 Å². The summed E-state index contributed by atoms with van der Waals surface area (Å²) in [7, 11) is 0. The van der Waals surface area contributed by atoms with E-state index in [-0.39, 0.29) is 10.7 Å². The Kier molecular flexibility index (Phi) is 4.49. The number of fused-ring (bicyclic) bond motifs is 1. The van der Waals surface area contributed by atoms with Crippen molar-refractivity contribution in [3.05, 3.63) is 71.4 Å². The first-order chi connectivity index (χ1) is 13.0. The molecule has 6 heteroatoms. The van der Waals surface area contributed by atoms with Crippen molar-refractivity contribution in [1.29, 1.82) is 0 Å². The number of aryl methyl sites for hydroxylation is 2. The molecular formula is C21H19N3O2S. The molecule has 5 nitrogen and oxygen atoms in total. The standard InChI is InChI=1S/C21H19N3O2S/c1-14-6-4-9-16(12-14)24-20(26)17(19(25)22-21(24)27)13-23-11-5-8-15-7-2-3-10-18(15)23/h2-4,6-7,9-10,12-13H,5,8,11H2,1H3,(H,22,25,27)/b17-13+. The number of amides is 2. The summed E-state index contributed by atoms with van der Waals surface area (Å²) >= 11 is 5.26. The van der Waals surface area contributed by atoms with Crippen molar-refractivity contribution >= 4 is 40.5 Å². The van der Waals surface area contributed by atoms with Crippen LogP contribution in [0.15, 0.2) is 60.3 Å². The van der Waals surface area contributed by atoms with Gasteiger partial charge in [0.25, 0.3) is 11.8 Å². The van der Waals surface area contributed by atoms with Crippen LogP contribution in [0.2, 0.25) is 0 Å². The Hall–Kier alpha value is -2.99. The van der Waals surface area contributed by atoms with E-state index >= 15 is 0 Å². The van der Waals surface area contributed by atoms with Crippen LogP contribution in [0, 0.1) is 6.92 Å². The Morgan fingerprint density at radius 3 is 2.74 bits per heavy atom. The lowest BCUT2D eigenvalue weighted by molar-refractivity contribution is -0.122. The molecule has 0 aromatic heterocycles. The minimum atomic E-state index is -0.461. The number of hydrogen-bond donors (Lipinski definition) is 1. The van der Waals surface area contributed by atoms with Crippen LogP contribution in [0.4, 0.5) is 11.4 Å². The Morgan fingerprint density at radius 1 is 1.11 bits per heavy atom. The summed E-state index contributed by atoms with van der Waals surface area (Å²) in [6.07, 6.45) is 3.62. The number of thiocarbonyl (C=S) groups is 1. The molecule has 0 saturated carbocycles. The molecule has 0 unspecified atom stereocenters. The molecular weight excluding hydrogens is 358 g/mol. The highest BCUT2D eigenvalue weighted by atomic mass is 32.1. The van der Waals surface area contributed by atoms with Gasteiger partial charge in [0.1, 0.15) is 5.57 Å². The SMILES string of the molecule is Cc1cccc(N2C(=O)/C(=C/N3CCCc4ccccc43)C(=O)NC2=S)c1. The molecule has 2 aliphatic rings. The van der Waals surface area contributed by atoms with Crippen molar-refractivity contribution in [1.82, 2.24) is 5.32 Å². The highest BCUT2D eigenvalue weighted by molar-refractivity contribution is 7.80. The third kappa shape index (κ3) is 3.24. The molecule has 2 aromatic rings. The number of benzene rings is 2. The monoisotopic (exact) mass is 377 g/mol. The maximum atomic E-state index is 13.1. The smallest absolute Gasteiger partial charge is 0.271 e. The lowest BCUT2D eigenvalue weighted by Gasteiger charge is -2.32. The normalized spacial score (nSPS) is 18.6. The Balaban J connectivity index is 1.72. The molecule has 136 valence electrons. The van der Waals surface area contributed by atoms with Gasteiger partial charge in [-0.05, 0) is 61.3 Å². The average Bonchev–Trinajstić information content (AvgIpc) is 2.65. The van der Waals surface area contributed by atoms with Crippen molar-refractivity contribution in [2.24, 2.45) is 0 Å². The molecule has 27 heavy (non-hydrogen) atoms. The number of anilines is 2. The quantitative estimate of drug-likeness (QED) is 0.496. The second kappa shape index (κ2) is 6.96. The molecule has 0 aliphatic carbocycles. The van der Waals surface area contributed by atoms with E-state index in [1.807, 2.05) is 54.3 Å².